The van der Waals surface area contributed by atoms with E-state index in [1.807, 2.05) is 0 Å². The van der Waals surface area contributed by atoms with Crippen LogP contribution in [0.2, 0.25) is 0 Å². The zero-order chi connectivity index (χ0) is 20.4. The van der Waals surface area contributed by atoms with E-state index in [0.29, 0.717) is 21.9 Å². The highest BCUT2D eigenvalue weighted by Crippen LogP contribution is 2.28. The van der Waals surface area contributed by atoms with E-state index in [-0.39, 0.29) is 16.7 Å². The molecule has 29 heavy (non-hydrogen) atoms. The normalized spacial score (nSPS) is 11.3. The number of fused-ring (bicyclic) bond motifs is 3. The third kappa shape index (κ3) is 3.87. The molecule has 6 nitrogen and oxygen atoms in total. The first kappa shape index (κ1) is 18.4. The fourth-order valence-corrected chi connectivity index (χ4v) is 2.85. The third-order valence-corrected chi connectivity index (χ3v) is 4.10. The van der Waals surface area contributed by atoms with Crippen molar-refractivity contribution >= 4 is 27.5 Å². The molecule has 4 heterocycles. The summed E-state index contributed by atoms with van der Waals surface area (Å²) < 4.78 is 38.2. The molecular weight excluding hydrogens is 383 g/mol. The summed E-state index contributed by atoms with van der Waals surface area (Å²) in [5, 5.41) is 3.26. The van der Waals surface area contributed by atoms with Gasteiger partial charge in [-0.2, -0.15) is 13.2 Å². The van der Waals surface area contributed by atoms with Gasteiger partial charge >= 0.3 is 6.18 Å². The summed E-state index contributed by atoms with van der Waals surface area (Å²) in [6.07, 6.45) is 2.99. The predicted octanol–water partition coefficient (Wildman–Crippen LogP) is 3.24. The van der Waals surface area contributed by atoms with E-state index in [1.54, 1.807) is 24.5 Å². The molecule has 2 N–H and O–H groups in total. The van der Waals surface area contributed by atoms with Crippen molar-refractivity contribution in [2.24, 2.45) is 0 Å². The molecule has 0 saturated carbocycles. The van der Waals surface area contributed by atoms with Crippen LogP contribution >= 0.6 is 0 Å². The van der Waals surface area contributed by atoms with Gasteiger partial charge in [0.25, 0.3) is 5.56 Å². The highest BCUT2D eigenvalue weighted by molar-refractivity contribution is 6.10. The van der Waals surface area contributed by atoms with Crippen LogP contribution < -0.4 is 10.9 Å². The molecule has 4 aromatic heterocycles. The van der Waals surface area contributed by atoms with Gasteiger partial charge in [0.15, 0.2) is 0 Å². The highest BCUT2D eigenvalue weighted by atomic mass is 19.4. The zero-order valence-electron chi connectivity index (χ0n) is 14.7. The van der Waals surface area contributed by atoms with Crippen molar-refractivity contribution in [3.05, 3.63) is 70.7 Å². The lowest BCUT2D eigenvalue weighted by atomic mass is 10.1. The summed E-state index contributed by atoms with van der Waals surface area (Å²) in [6, 6.07) is 5.00. The summed E-state index contributed by atoms with van der Waals surface area (Å²) in [5.41, 5.74) is 0.768. The number of rotatable bonds is 2. The maximum absolute atomic E-state index is 12.7. The van der Waals surface area contributed by atoms with E-state index in [0.717, 1.165) is 0 Å². The van der Waals surface area contributed by atoms with Crippen molar-refractivity contribution in [1.82, 2.24) is 19.9 Å². The second kappa shape index (κ2) is 7.24. The van der Waals surface area contributed by atoms with Crippen LogP contribution in [-0.4, -0.2) is 32.7 Å². The SMILES string of the molecule is O=c1[nH]cc(C#Cc2cccnc2)c2nc(NCC(F)(F)F)c3ccncc3c12. The van der Waals surface area contributed by atoms with Crippen molar-refractivity contribution in [3.63, 3.8) is 0 Å². The second-order valence-electron chi connectivity index (χ2n) is 6.10. The van der Waals surface area contributed by atoms with Crippen LogP contribution in [0.25, 0.3) is 21.7 Å². The fourth-order valence-electron chi connectivity index (χ4n) is 2.85. The molecule has 0 aromatic carbocycles. The van der Waals surface area contributed by atoms with Crippen molar-refractivity contribution in [2.45, 2.75) is 6.18 Å². The average molecular weight is 395 g/mol. The monoisotopic (exact) mass is 395 g/mol. The third-order valence-electron chi connectivity index (χ3n) is 4.10. The van der Waals surface area contributed by atoms with Crippen LogP contribution in [0, 0.1) is 11.8 Å². The molecule has 0 aliphatic rings. The Kier molecular flexibility index (Phi) is 4.60. The number of H-pyrrole nitrogens is 1. The van der Waals surface area contributed by atoms with Crippen molar-refractivity contribution in [2.75, 3.05) is 11.9 Å². The maximum Gasteiger partial charge on any atom is 0.405 e. The number of halogens is 3. The van der Waals surface area contributed by atoms with Crippen LogP contribution in [0.4, 0.5) is 19.0 Å². The number of aromatic amines is 1. The Morgan fingerprint density at radius 3 is 2.66 bits per heavy atom. The van der Waals surface area contributed by atoms with Gasteiger partial charge in [0, 0.05) is 47.3 Å². The summed E-state index contributed by atoms with van der Waals surface area (Å²) >= 11 is 0. The summed E-state index contributed by atoms with van der Waals surface area (Å²) in [6.45, 7) is -1.26. The van der Waals surface area contributed by atoms with Crippen LogP contribution in [0.1, 0.15) is 11.1 Å². The Bertz CT molecular complexity index is 1320. The largest absolute Gasteiger partial charge is 0.405 e. The molecule has 0 amide bonds. The number of aromatic nitrogens is 4. The molecule has 9 heteroatoms. The van der Waals surface area contributed by atoms with Gasteiger partial charge in [-0.25, -0.2) is 4.98 Å². The van der Waals surface area contributed by atoms with E-state index in [4.69, 9.17) is 0 Å². The molecule has 0 aliphatic carbocycles. The summed E-state index contributed by atoms with van der Waals surface area (Å²) in [5.74, 6) is 5.81. The number of hydrogen-bond acceptors (Lipinski definition) is 5. The van der Waals surface area contributed by atoms with Gasteiger partial charge in [-0.1, -0.05) is 11.8 Å². The Balaban J connectivity index is 1.95. The second-order valence-corrected chi connectivity index (χ2v) is 6.10. The van der Waals surface area contributed by atoms with Gasteiger partial charge in [0.1, 0.15) is 12.4 Å². The minimum absolute atomic E-state index is 0.00209. The Labute approximate surface area is 161 Å². The number of nitrogens with one attached hydrogen (secondary N) is 2. The lowest BCUT2D eigenvalue weighted by Crippen LogP contribution is -2.22. The van der Waals surface area contributed by atoms with E-state index in [2.05, 4.69) is 37.1 Å². The molecule has 0 spiro atoms. The van der Waals surface area contributed by atoms with Crippen LogP contribution in [0.5, 0.6) is 0 Å². The van der Waals surface area contributed by atoms with E-state index in [1.165, 1.54) is 24.7 Å². The molecule has 4 rings (SSSR count). The number of anilines is 1. The van der Waals surface area contributed by atoms with Gasteiger partial charge in [0.2, 0.25) is 0 Å². The number of alkyl halides is 3. The van der Waals surface area contributed by atoms with Gasteiger partial charge in [0.05, 0.1) is 16.5 Å². The Morgan fingerprint density at radius 2 is 1.90 bits per heavy atom. The minimum Gasteiger partial charge on any atom is -0.361 e. The zero-order valence-corrected chi connectivity index (χ0v) is 14.7. The van der Waals surface area contributed by atoms with Crippen LogP contribution in [0.3, 0.4) is 0 Å². The topological polar surface area (TPSA) is 83.6 Å². The first-order chi connectivity index (χ1) is 13.9. The van der Waals surface area contributed by atoms with Gasteiger partial charge in [-0.3, -0.25) is 14.8 Å². The van der Waals surface area contributed by atoms with Crippen LogP contribution in [-0.2, 0) is 0 Å². The van der Waals surface area contributed by atoms with E-state index < -0.39 is 18.3 Å². The average Bonchev–Trinajstić information content (AvgIpc) is 2.71. The standard InChI is InChI=1S/C20H12F3N5O/c21-20(22,23)11-27-18-14-5-7-25-10-15(14)16-17(28-18)13(9-26-19(16)29)4-3-12-2-1-6-24-8-12/h1-2,5-10H,11H2,(H,26,29)(H,27,28). The van der Waals surface area contributed by atoms with Crippen molar-refractivity contribution < 1.29 is 13.2 Å². The Hall–Kier alpha value is -3.93. The first-order valence-corrected chi connectivity index (χ1v) is 8.44. The van der Waals surface area contributed by atoms with Crippen molar-refractivity contribution in [3.8, 4) is 11.8 Å². The molecule has 0 radical (unpaired) electrons. The van der Waals surface area contributed by atoms with Gasteiger partial charge in [-0.05, 0) is 18.2 Å². The first-order valence-electron chi connectivity index (χ1n) is 8.44. The molecule has 0 fully saturated rings. The van der Waals surface area contributed by atoms with E-state index in [9.17, 15) is 18.0 Å². The quantitative estimate of drug-likeness (QED) is 0.402. The predicted molar refractivity (Wildman–Crippen MR) is 102 cm³/mol. The lowest BCUT2D eigenvalue weighted by Gasteiger charge is -2.13. The molecule has 0 saturated heterocycles. The van der Waals surface area contributed by atoms with Crippen molar-refractivity contribution in [1.29, 1.82) is 0 Å². The highest BCUT2D eigenvalue weighted by Gasteiger charge is 2.27. The smallest absolute Gasteiger partial charge is 0.361 e. The molecule has 4 aromatic rings. The van der Waals surface area contributed by atoms with E-state index >= 15 is 0 Å². The molecular formula is C20H12F3N5O. The lowest BCUT2D eigenvalue weighted by molar-refractivity contribution is -0.115. The summed E-state index contributed by atoms with van der Waals surface area (Å²) in [7, 11) is 0. The number of pyridine rings is 4. The molecule has 0 unspecified atom stereocenters. The fraction of sp³-hybridized carbons (Fsp3) is 0.100. The van der Waals surface area contributed by atoms with Crippen LogP contribution in [0.15, 0.2) is 54.0 Å². The molecule has 0 aliphatic heterocycles. The molecule has 0 bridgehead atoms. The molecule has 0 atom stereocenters. The molecule has 144 valence electrons. The minimum atomic E-state index is -4.42. The van der Waals surface area contributed by atoms with Gasteiger partial charge < -0.3 is 10.3 Å². The summed E-state index contributed by atoms with van der Waals surface area (Å²) in [4.78, 5) is 27.4. The van der Waals surface area contributed by atoms with Gasteiger partial charge in [-0.15, -0.1) is 0 Å². The maximum atomic E-state index is 12.7. The number of nitrogens with zero attached hydrogens (tertiary/aromatic N) is 3. The number of hydrogen-bond donors (Lipinski definition) is 2. The Morgan fingerprint density at radius 1 is 1.07 bits per heavy atom.